The molecule has 2 aliphatic rings. The maximum atomic E-state index is 15.0. The number of aromatic nitrogens is 2. The summed E-state index contributed by atoms with van der Waals surface area (Å²) in [5, 5.41) is 0.0662. The van der Waals surface area contributed by atoms with Crippen molar-refractivity contribution in [1.29, 1.82) is 0 Å². The van der Waals surface area contributed by atoms with Gasteiger partial charge in [-0.15, -0.1) is 0 Å². The van der Waals surface area contributed by atoms with Gasteiger partial charge in [0.2, 0.25) is 0 Å². The zero-order valence-electron chi connectivity index (χ0n) is 16.7. The van der Waals surface area contributed by atoms with E-state index in [4.69, 9.17) is 11.6 Å². The molecule has 0 N–H and O–H groups in total. The average molecular weight is 464 g/mol. The molecule has 0 bridgehead atoms. The first-order valence-electron chi connectivity index (χ1n) is 10.0. The molecule has 32 heavy (non-hydrogen) atoms. The zero-order chi connectivity index (χ0) is 22.6. The summed E-state index contributed by atoms with van der Waals surface area (Å²) in [5.74, 6) is -3.02. The van der Waals surface area contributed by atoms with E-state index in [1.807, 2.05) is 0 Å². The van der Waals surface area contributed by atoms with E-state index in [-0.39, 0.29) is 28.5 Å². The third-order valence-corrected chi connectivity index (χ3v) is 6.07. The van der Waals surface area contributed by atoms with Gasteiger partial charge in [0.1, 0.15) is 11.0 Å². The zero-order valence-corrected chi connectivity index (χ0v) is 17.4. The molecule has 5 rings (SSSR count). The number of carbonyl (C=O) groups excluding carboxylic acids is 1. The van der Waals surface area contributed by atoms with Crippen LogP contribution in [0.4, 0.5) is 18.9 Å². The molecular weight excluding hydrogens is 447 g/mol. The molecule has 1 aromatic heterocycles. The van der Waals surface area contributed by atoms with E-state index in [1.54, 1.807) is 35.0 Å². The number of rotatable bonds is 3. The summed E-state index contributed by atoms with van der Waals surface area (Å²) >= 11 is 6.42. The van der Waals surface area contributed by atoms with Gasteiger partial charge in [-0.25, -0.2) is 9.07 Å². The van der Waals surface area contributed by atoms with Crippen molar-refractivity contribution in [2.45, 2.75) is 38.6 Å². The Morgan fingerprint density at radius 1 is 1.03 bits per heavy atom. The lowest BCUT2D eigenvalue weighted by molar-refractivity contribution is -0.193. The second-order valence-electron chi connectivity index (χ2n) is 7.72. The second kappa shape index (κ2) is 7.44. The average Bonchev–Trinajstić information content (AvgIpc) is 3.02. The molecule has 166 valence electrons. The second-order valence-corrected chi connectivity index (χ2v) is 8.08. The first-order chi connectivity index (χ1) is 15.3. The molecule has 0 saturated heterocycles. The van der Waals surface area contributed by atoms with Gasteiger partial charge in [-0.2, -0.15) is 8.78 Å². The van der Waals surface area contributed by atoms with Crippen molar-refractivity contribution in [1.82, 2.24) is 9.36 Å². The summed E-state index contributed by atoms with van der Waals surface area (Å²) in [4.78, 5) is 26.3. The van der Waals surface area contributed by atoms with Crippen molar-refractivity contribution in [3.63, 3.8) is 0 Å². The predicted octanol–water partition coefficient (Wildman–Crippen LogP) is 4.42. The fraction of sp³-hybridized carbons (Fsp3) is 0.273. The van der Waals surface area contributed by atoms with Crippen LogP contribution in [0.15, 0.2) is 47.3 Å². The Bertz CT molecular complexity index is 1290. The van der Waals surface area contributed by atoms with Crippen LogP contribution in [-0.4, -0.2) is 21.4 Å². The lowest BCUT2D eigenvalue weighted by Crippen LogP contribution is -2.50. The van der Waals surface area contributed by atoms with Crippen LogP contribution in [-0.2, 0) is 24.4 Å². The Balaban J connectivity index is 1.68. The molecule has 2 aromatic carbocycles. The van der Waals surface area contributed by atoms with Crippen LogP contribution in [0.1, 0.15) is 18.4 Å². The van der Waals surface area contributed by atoms with Gasteiger partial charge in [0.15, 0.2) is 5.75 Å². The van der Waals surface area contributed by atoms with Crippen molar-refractivity contribution in [2.75, 3.05) is 4.90 Å². The van der Waals surface area contributed by atoms with Gasteiger partial charge in [-0.1, -0.05) is 41.9 Å². The summed E-state index contributed by atoms with van der Waals surface area (Å²) < 4.78 is 51.1. The Morgan fingerprint density at radius 3 is 2.41 bits per heavy atom. The molecule has 0 spiro atoms. The van der Waals surface area contributed by atoms with Gasteiger partial charge in [-0.05, 0) is 24.5 Å². The summed E-state index contributed by atoms with van der Waals surface area (Å²) in [6.07, 6.45) is -2.54. The largest absolute Gasteiger partial charge is 0.482 e. The molecule has 1 amide bonds. The number of alkyl halides is 2. The lowest BCUT2D eigenvalue weighted by atomic mass is 10.0. The first-order valence-corrected chi connectivity index (χ1v) is 10.4. The van der Waals surface area contributed by atoms with Gasteiger partial charge >= 0.3 is 12.0 Å². The summed E-state index contributed by atoms with van der Waals surface area (Å²) in [6.45, 7) is 0.767. The van der Waals surface area contributed by atoms with Crippen molar-refractivity contribution in [3.05, 3.63) is 69.4 Å². The minimum absolute atomic E-state index is 0.0641. The maximum Gasteiger partial charge on any atom is 0.482 e. The number of amides is 1. The van der Waals surface area contributed by atoms with E-state index in [1.165, 1.54) is 10.7 Å². The van der Waals surface area contributed by atoms with Crippen LogP contribution in [0.2, 0.25) is 5.15 Å². The van der Waals surface area contributed by atoms with E-state index in [0.717, 1.165) is 23.8 Å². The van der Waals surface area contributed by atoms with Crippen LogP contribution < -0.4 is 15.2 Å². The van der Waals surface area contributed by atoms with Crippen LogP contribution in [0.5, 0.6) is 5.75 Å². The Morgan fingerprint density at radius 2 is 1.72 bits per heavy atom. The number of halogens is 4. The van der Waals surface area contributed by atoms with Crippen molar-refractivity contribution >= 4 is 23.2 Å². The molecule has 3 heterocycles. The monoisotopic (exact) mass is 463 g/mol. The summed E-state index contributed by atoms with van der Waals surface area (Å²) in [5.41, 5.74) is -0.193. The summed E-state index contributed by atoms with van der Waals surface area (Å²) in [7, 11) is 0. The van der Waals surface area contributed by atoms with E-state index in [0.29, 0.717) is 18.7 Å². The molecule has 0 saturated carbocycles. The smallest absolute Gasteiger partial charge is 0.423 e. The predicted molar refractivity (Wildman–Crippen MR) is 112 cm³/mol. The topological polar surface area (TPSA) is 56.5 Å². The van der Waals surface area contributed by atoms with Crippen LogP contribution in [0.25, 0.3) is 11.1 Å². The first kappa shape index (κ1) is 20.7. The number of hydrogen-bond acceptors (Lipinski definition) is 3. The fourth-order valence-electron chi connectivity index (χ4n) is 4.15. The van der Waals surface area contributed by atoms with Crippen LogP contribution in [0.3, 0.4) is 0 Å². The molecule has 0 atom stereocenters. The minimum atomic E-state index is -4.15. The molecule has 3 aromatic rings. The van der Waals surface area contributed by atoms with E-state index in [2.05, 4.69) is 4.74 Å². The Labute approximate surface area is 185 Å². The number of anilines is 1. The van der Waals surface area contributed by atoms with Crippen LogP contribution >= 0.6 is 11.6 Å². The molecule has 0 unspecified atom stereocenters. The molecule has 10 heteroatoms. The third kappa shape index (κ3) is 3.19. The standard InChI is InChI=1S/C22H17ClF3N3O3/c23-19-18(20(30)29-9-5-4-8-28(19)29)14-10-16-17(11-15(14)24)32-22(25,26)21(31)27(16)12-13-6-2-1-3-7-13/h1-3,6-7,10-11H,4-5,8-9,12H2. The van der Waals surface area contributed by atoms with Gasteiger partial charge in [0.05, 0.1) is 17.8 Å². The highest BCUT2D eigenvalue weighted by atomic mass is 35.5. The SMILES string of the molecule is O=C1N(Cc2ccccc2)c2cc(-c3c(Cl)n4n(c3=O)CCCC4)c(F)cc2OC1(F)F. The molecule has 0 fully saturated rings. The number of benzene rings is 2. The van der Waals surface area contributed by atoms with Gasteiger partial charge < -0.3 is 4.74 Å². The van der Waals surface area contributed by atoms with Gasteiger partial charge in [-0.3, -0.25) is 19.2 Å². The molecule has 6 nitrogen and oxygen atoms in total. The van der Waals surface area contributed by atoms with Crippen LogP contribution in [0, 0.1) is 5.82 Å². The highest BCUT2D eigenvalue weighted by Gasteiger charge is 2.51. The minimum Gasteiger partial charge on any atom is -0.423 e. The highest BCUT2D eigenvalue weighted by Crippen LogP contribution is 2.44. The number of nitrogens with zero attached hydrogens (tertiary/aromatic N) is 3. The van der Waals surface area contributed by atoms with E-state index in [9.17, 15) is 18.4 Å². The third-order valence-electron chi connectivity index (χ3n) is 5.69. The molecule has 0 radical (unpaired) electrons. The van der Waals surface area contributed by atoms with Crippen molar-refractivity contribution in [2.24, 2.45) is 0 Å². The van der Waals surface area contributed by atoms with E-state index < -0.39 is 29.1 Å². The fourth-order valence-corrected chi connectivity index (χ4v) is 4.51. The van der Waals surface area contributed by atoms with Gasteiger partial charge in [0.25, 0.3) is 5.56 Å². The maximum absolute atomic E-state index is 15.0. The number of carbonyl (C=O) groups is 1. The quantitative estimate of drug-likeness (QED) is 0.577. The Kier molecular flexibility index (Phi) is 4.81. The van der Waals surface area contributed by atoms with Gasteiger partial charge in [0, 0.05) is 24.7 Å². The number of hydrogen-bond donors (Lipinski definition) is 0. The number of fused-ring (bicyclic) bond motifs is 2. The normalized spacial score (nSPS) is 17.0. The lowest BCUT2D eigenvalue weighted by Gasteiger charge is -2.34. The highest BCUT2D eigenvalue weighted by molar-refractivity contribution is 6.32. The summed E-state index contributed by atoms with van der Waals surface area (Å²) in [6, 6.07) is 10.5. The molecular formula is C22H17ClF3N3O3. The number of ether oxygens (including phenoxy) is 1. The molecule has 0 aliphatic carbocycles. The van der Waals surface area contributed by atoms with E-state index >= 15 is 4.39 Å². The van der Waals surface area contributed by atoms with Crippen molar-refractivity contribution in [3.8, 4) is 16.9 Å². The van der Waals surface area contributed by atoms with Crippen molar-refractivity contribution < 1.29 is 22.7 Å². The molecule has 2 aliphatic heterocycles. The Hall–Kier alpha value is -3.20.